The lowest BCUT2D eigenvalue weighted by molar-refractivity contribution is -0.150. The molecular weight excluding hydrogens is 226 g/mol. The third-order valence-corrected chi connectivity index (χ3v) is 3.33. The number of nitrogens with zero attached hydrogens (tertiary/aromatic N) is 1. The highest BCUT2D eigenvalue weighted by Gasteiger charge is 2.30. The summed E-state index contributed by atoms with van der Waals surface area (Å²) < 4.78 is 0. The number of likely N-dealkylation sites (tertiary alicyclic amines) is 1. The Labute approximate surface area is 101 Å². The molecule has 90 valence electrons. The van der Waals surface area contributed by atoms with Crippen LogP contribution in [0.1, 0.15) is 32.6 Å². The lowest BCUT2D eigenvalue weighted by Gasteiger charge is -2.31. The van der Waals surface area contributed by atoms with Crippen molar-refractivity contribution in [1.82, 2.24) is 4.90 Å². The molecule has 1 heterocycles. The second-order valence-corrected chi connectivity index (χ2v) is 4.41. The van der Waals surface area contributed by atoms with Gasteiger partial charge in [0.15, 0.2) is 0 Å². The van der Waals surface area contributed by atoms with Gasteiger partial charge in [-0.05, 0) is 25.1 Å². The Hall–Kier alpha value is -0.970. The molecule has 1 N–H and O–H groups in total. The fourth-order valence-electron chi connectivity index (χ4n) is 1.91. The minimum Gasteiger partial charge on any atom is -0.480 e. The van der Waals surface area contributed by atoms with Crippen molar-refractivity contribution in [2.24, 2.45) is 5.92 Å². The summed E-state index contributed by atoms with van der Waals surface area (Å²) in [6.07, 6.45) is 3.62. The summed E-state index contributed by atoms with van der Waals surface area (Å²) >= 11 is 4.84. The molecule has 0 aromatic heterocycles. The number of aliphatic carboxylic acids is 1. The highest BCUT2D eigenvalue weighted by atomic mass is 32.1. The molecule has 0 bridgehead atoms. The summed E-state index contributed by atoms with van der Waals surface area (Å²) in [5.74, 6) is -1.39. The van der Waals surface area contributed by atoms with Crippen LogP contribution >= 0.6 is 12.2 Å². The van der Waals surface area contributed by atoms with Crippen molar-refractivity contribution in [3.05, 3.63) is 0 Å². The normalized spacial score (nSPS) is 24.4. The van der Waals surface area contributed by atoms with E-state index >= 15 is 0 Å². The van der Waals surface area contributed by atoms with E-state index in [0.717, 1.165) is 25.7 Å². The van der Waals surface area contributed by atoms with Gasteiger partial charge < -0.3 is 10.0 Å². The Morgan fingerprint density at radius 1 is 1.56 bits per heavy atom. The molecule has 1 rings (SSSR count). The first kappa shape index (κ1) is 13.1. The van der Waals surface area contributed by atoms with Gasteiger partial charge in [-0.3, -0.25) is 4.79 Å². The van der Waals surface area contributed by atoms with Gasteiger partial charge in [-0.1, -0.05) is 25.1 Å². The number of rotatable bonds is 3. The van der Waals surface area contributed by atoms with E-state index in [0.29, 0.717) is 6.54 Å². The van der Waals surface area contributed by atoms with Gasteiger partial charge in [-0.15, -0.1) is 0 Å². The van der Waals surface area contributed by atoms with Gasteiger partial charge in [0, 0.05) is 6.54 Å². The van der Waals surface area contributed by atoms with Gasteiger partial charge >= 0.3 is 5.97 Å². The van der Waals surface area contributed by atoms with Crippen LogP contribution in [0.15, 0.2) is 0 Å². The van der Waals surface area contributed by atoms with E-state index in [1.165, 1.54) is 10.3 Å². The topological polar surface area (TPSA) is 57.6 Å². The van der Waals surface area contributed by atoms with E-state index in [1.54, 1.807) is 6.92 Å². The Morgan fingerprint density at radius 2 is 2.25 bits per heavy atom. The number of hydrogen-bond acceptors (Lipinski definition) is 3. The minimum absolute atomic E-state index is 0.135. The molecule has 4 nitrogen and oxygen atoms in total. The molecule has 1 saturated heterocycles. The fourth-order valence-corrected chi connectivity index (χ4v) is 2.17. The second kappa shape index (κ2) is 5.94. The Balaban J connectivity index is 2.81. The van der Waals surface area contributed by atoms with Crippen molar-refractivity contribution in [3.63, 3.8) is 0 Å². The third-order valence-electron chi connectivity index (χ3n) is 3.00. The quantitative estimate of drug-likeness (QED) is 0.763. The molecule has 1 aliphatic rings. The predicted octanol–water partition coefficient (Wildman–Crippen LogP) is 1.48. The summed E-state index contributed by atoms with van der Waals surface area (Å²) in [6, 6.07) is -0.761. The molecule has 0 aliphatic carbocycles. The molecule has 1 fully saturated rings. The van der Waals surface area contributed by atoms with E-state index in [9.17, 15) is 9.59 Å². The predicted molar refractivity (Wildman–Crippen MR) is 64.4 cm³/mol. The molecule has 0 aromatic rings. The summed E-state index contributed by atoms with van der Waals surface area (Å²) in [5.41, 5.74) is 0. The van der Waals surface area contributed by atoms with Gasteiger partial charge in [0.05, 0.1) is 5.92 Å². The molecule has 0 aromatic carbocycles. The van der Waals surface area contributed by atoms with Crippen LogP contribution in [0.25, 0.3) is 0 Å². The zero-order valence-electron chi connectivity index (χ0n) is 9.39. The van der Waals surface area contributed by atoms with E-state index < -0.39 is 12.0 Å². The van der Waals surface area contributed by atoms with Gasteiger partial charge in [0.25, 0.3) is 0 Å². The lowest BCUT2D eigenvalue weighted by Crippen LogP contribution is -2.47. The first-order valence-corrected chi connectivity index (χ1v) is 6.03. The molecule has 2 unspecified atom stereocenters. The Bertz CT molecular complexity index is 293. The van der Waals surface area contributed by atoms with Crippen molar-refractivity contribution in [3.8, 4) is 0 Å². The number of hydrogen-bond donors (Lipinski definition) is 1. The number of thiocarbonyl (C=S) groups is 1. The SMILES string of the molecule is CC(C(=O)O)N1CCCCCC(C=S)C1=O. The minimum atomic E-state index is -0.961. The van der Waals surface area contributed by atoms with Crippen LogP contribution in [0.5, 0.6) is 0 Å². The van der Waals surface area contributed by atoms with E-state index in [-0.39, 0.29) is 11.8 Å². The zero-order chi connectivity index (χ0) is 12.1. The maximum absolute atomic E-state index is 12.0. The number of carboxylic acids is 1. The molecule has 0 radical (unpaired) electrons. The van der Waals surface area contributed by atoms with E-state index in [2.05, 4.69) is 0 Å². The summed E-state index contributed by atoms with van der Waals surface area (Å²) in [5, 5.41) is 10.4. The Morgan fingerprint density at radius 3 is 2.81 bits per heavy atom. The zero-order valence-corrected chi connectivity index (χ0v) is 10.2. The maximum Gasteiger partial charge on any atom is 0.326 e. The standard InChI is InChI=1S/C11H17NO3S/c1-8(11(14)15)12-6-4-2-3-5-9(7-16)10(12)13/h7-9H,2-6H2,1H3,(H,14,15). The molecule has 1 amide bonds. The van der Waals surface area contributed by atoms with Crippen molar-refractivity contribution in [2.45, 2.75) is 38.6 Å². The van der Waals surface area contributed by atoms with Crippen LogP contribution in [0.4, 0.5) is 0 Å². The molecule has 1 aliphatic heterocycles. The van der Waals surface area contributed by atoms with E-state index in [1.807, 2.05) is 0 Å². The number of carbonyl (C=O) groups is 2. The van der Waals surface area contributed by atoms with Gasteiger partial charge in [0.1, 0.15) is 6.04 Å². The number of amides is 1. The highest BCUT2D eigenvalue weighted by Crippen LogP contribution is 2.18. The lowest BCUT2D eigenvalue weighted by atomic mass is 9.98. The van der Waals surface area contributed by atoms with Crippen molar-refractivity contribution >= 4 is 29.5 Å². The van der Waals surface area contributed by atoms with Crippen molar-refractivity contribution in [2.75, 3.05) is 6.54 Å². The van der Waals surface area contributed by atoms with Crippen LogP contribution in [-0.4, -0.2) is 39.8 Å². The number of carbonyl (C=O) groups excluding carboxylic acids is 1. The first-order valence-electron chi connectivity index (χ1n) is 5.56. The molecule has 5 heteroatoms. The van der Waals surface area contributed by atoms with Crippen molar-refractivity contribution in [1.29, 1.82) is 0 Å². The largest absolute Gasteiger partial charge is 0.480 e. The van der Waals surface area contributed by atoms with Gasteiger partial charge in [0.2, 0.25) is 5.91 Å². The number of carboxylic acid groups (broad SMARTS) is 1. The monoisotopic (exact) mass is 243 g/mol. The first-order chi connectivity index (χ1) is 7.57. The van der Waals surface area contributed by atoms with Crippen LogP contribution in [0, 0.1) is 5.92 Å². The fraction of sp³-hybridized carbons (Fsp3) is 0.727. The van der Waals surface area contributed by atoms with Crippen LogP contribution in [0.3, 0.4) is 0 Å². The summed E-state index contributed by atoms with van der Waals surface area (Å²) in [6.45, 7) is 2.06. The second-order valence-electron chi connectivity index (χ2n) is 4.14. The molecule has 16 heavy (non-hydrogen) atoms. The Kier molecular flexibility index (Phi) is 4.86. The van der Waals surface area contributed by atoms with Gasteiger partial charge in [-0.25, -0.2) is 4.79 Å². The summed E-state index contributed by atoms with van der Waals surface area (Å²) in [7, 11) is 0. The summed E-state index contributed by atoms with van der Waals surface area (Å²) in [4.78, 5) is 24.4. The molecular formula is C11H17NO3S. The van der Waals surface area contributed by atoms with Crippen LogP contribution < -0.4 is 0 Å². The molecule has 0 spiro atoms. The van der Waals surface area contributed by atoms with E-state index in [4.69, 9.17) is 17.3 Å². The van der Waals surface area contributed by atoms with Gasteiger partial charge in [-0.2, -0.15) is 0 Å². The van der Waals surface area contributed by atoms with Crippen LogP contribution in [0.2, 0.25) is 0 Å². The molecule has 0 saturated carbocycles. The molecule has 2 atom stereocenters. The average molecular weight is 243 g/mol. The highest BCUT2D eigenvalue weighted by molar-refractivity contribution is 7.79. The van der Waals surface area contributed by atoms with Crippen LogP contribution in [-0.2, 0) is 9.59 Å². The van der Waals surface area contributed by atoms with Crippen molar-refractivity contribution < 1.29 is 14.7 Å². The third kappa shape index (κ3) is 3.01. The maximum atomic E-state index is 12.0. The smallest absolute Gasteiger partial charge is 0.326 e. The average Bonchev–Trinajstić information content (AvgIpc) is 2.24.